The van der Waals surface area contributed by atoms with Gasteiger partial charge in [-0.15, -0.1) is 0 Å². The Hall–Kier alpha value is -2.42. The summed E-state index contributed by atoms with van der Waals surface area (Å²) in [5, 5.41) is 19.7. The highest BCUT2D eigenvalue weighted by atomic mass is 16.4. The van der Waals surface area contributed by atoms with Crippen molar-refractivity contribution in [2.45, 2.75) is 19.0 Å². The maximum absolute atomic E-state index is 11.7. The minimum Gasteiger partial charge on any atom is -0.480 e. The van der Waals surface area contributed by atoms with Gasteiger partial charge < -0.3 is 15.5 Å². The maximum Gasteiger partial charge on any atom is 0.331 e. The summed E-state index contributed by atoms with van der Waals surface area (Å²) < 4.78 is 1.81. The Morgan fingerprint density at radius 3 is 2.60 bits per heavy atom. The van der Waals surface area contributed by atoms with Crippen molar-refractivity contribution >= 4 is 11.9 Å². The summed E-state index contributed by atoms with van der Waals surface area (Å²) in [6.45, 7) is -0.806. The Morgan fingerprint density at radius 1 is 1.40 bits per heavy atom. The fraction of sp³-hybridized carbons (Fsp3) is 0.455. The summed E-state index contributed by atoms with van der Waals surface area (Å²) in [5.41, 5.74) is -1.18. The third-order valence-electron chi connectivity index (χ3n) is 2.63. The van der Waals surface area contributed by atoms with E-state index in [1.807, 2.05) is 0 Å². The van der Waals surface area contributed by atoms with E-state index in [2.05, 4.69) is 5.32 Å². The molecular formula is C11H15N3O6. The smallest absolute Gasteiger partial charge is 0.331 e. The van der Waals surface area contributed by atoms with E-state index in [4.69, 9.17) is 10.2 Å². The molecule has 0 unspecified atom stereocenters. The van der Waals surface area contributed by atoms with E-state index < -0.39 is 42.3 Å². The van der Waals surface area contributed by atoms with E-state index in [1.54, 1.807) is 0 Å². The molecule has 9 nitrogen and oxygen atoms in total. The molecule has 0 spiro atoms. The van der Waals surface area contributed by atoms with Crippen molar-refractivity contribution in [3.63, 3.8) is 0 Å². The van der Waals surface area contributed by atoms with Gasteiger partial charge in [0.05, 0.1) is 0 Å². The second-order valence-corrected chi connectivity index (χ2v) is 4.09. The summed E-state index contributed by atoms with van der Waals surface area (Å²) in [6, 6.07) is -0.104. The van der Waals surface area contributed by atoms with Crippen molar-refractivity contribution in [2.24, 2.45) is 7.05 Å². The molecule has 3 N–H and O–H groups in total. The molecule has 0 aromatic carbocycles. The first-order chi connectivity index (χ1) is 9.36. The molecule has 0 aliphatic carbocycles. The normalized spacial score (nSPS) is 11.9. The van der Waals surface area contributed by atoms with Gasteiger partial charge in [0.15, 0.2) is 0 Å². The highest BCUT2D eigenvalue weighted by molar-refractivity contribution is 5.83. The number of aliphatic hydroxyl groups excluding tert-OH is 1. The molecule has 0 fully saturated rings. The number of rotatable bonds is 6. The quantitative estimate of drug-likeness (QED) is 0.529. The highest BCUT2D eigenvalue weighted by Gasteiger charge is 2.19. The number of hydrogen-bond acceptors (Lipinski definition) is 5. The van der Waals surface area contributed by atoms with E-state index >= 15 is 0 Å². The molecule has 1 aromatic heterocycles. The first-order valence-corrected chi connectivity index (χ1v) is 5.76. The number of carboxylic acids is 1. The number of nitrogens with one attached hydrogen (secondary N) is 1. The van der Waals surface area contributed by atoms with Crippen LogP contribution in [0.4, 0.5) is 0 Å². The van der Waals surface area contributed by atoms with Gasteiger partial charge in [0, 0.05) is 32.3 Å². The topological polar surface area (TPSA) is 131 Å². The lowest BCUT2D eigenvalue weighted by Gasteiger charge is -2.14. The summed E-state index contributed by atoms with van der Waals surface area (Å²) in [6.07, 6.45) is 1.02. The Kier molecular flexibility index (Phi) is 5.21. The first-order valence-electron chi connectivity index (χ1n) is 5.76. The zero-order valence-electron chi connectivity index (χ0n) is 10.8. The third-order valence-corrected chi connectivity index (χ3v) is 2.63. The molecule has 0 aliphatic rings. The summed E-state index contributed by atoms with van der Waals surface area (Å²) in [7, 11) is 1.27. The van der Waals surface area contributed by atoms with Crippen molar-refractivity contribution in [1.82, 2.24) is 14.5 Å². The summed E-state index contributed by atoms with van der Waals surface area (Å²) >= 11 is 0. The molecule has 0 radical (unpaired) electrons. The van der Waals surface area contributed by atoms with Crippen LogP contribution >= 0.6 is 0 Å². The molecule has 1 atom stereocenters. The molecule has 1 rings (SSSR count). The lowest BCUT2D eigenvalue weighted by atomic mass is 10.2. The number of carboxylic acid groups (broad SMARTS) is 1. The predicted molar refractivity (Wildman–Crippen MR) is 67.2 cm³/mol. The number of carbonyl (C=O) groups excluding carboxylic acids is 1. The molecule has 0 bridgehead atoms. The van der Waals surface area contributed by atoms with Crippen LogP contribution < -0.4 is 16.6 Å². The van der Waals surface area contributed by atoms with Gasteiger partial charge in [-0.25, -0.2) is 9.59 Å². The van der Waals surface area contributed by atoms with Gasteiger partial charge >= 0.3 is 11.7 Å². The number of nitrogens with zero attached hydrogens (tertiary/aromatic N) is 2. The molecule has 110 valence electrons. The molecule has 0 aliphatic heterocycles. The Labute approximate surface area is 113 Å². The molecule has 1 aromatic rings. The molecule has 20 heavy (non-hydrogen) atoms. The monoisotopic (exact) mass is 285 g/mol. The first kappa shape index (κ1) is 15.6. The Bertz CT molecular complexity index is 617. The SMILES string of the molecule is Cn1c(=O)ccn(CC(=O)N[C@H](CCO)C(=O)O)c1=O. The van der Waals surface area contributed by atoms with Crippen molar-refractivity contribution in [3.05, 3.63) is 33.1 Å². The van der Waals surface area contributed by atoms with Crippen LogP contribution in [0.1, 0.15) is 6.42 Å². The number of aliphatic carboxylic acids is 1. The van der Waals surface area contributed by atoms with Gasteiger partial charge in [-0.1, -0.05) is 0 Å². The van der Waals surface area contributed by atoms with E-state index in [9.17, 15) is 19.2 Å². The van der Waals surface area contributed by atoms with Gasteiger partial charge in [-0.3, -0.25) is 18.7 Å². The average molecular weight is 285 g/mol. The van der Waals surface area contributed by atoms with Crippen LogP contribution in [0.15, 0.2) is 21.9 Å². The van der Waals surface area contributed by atoms with Gasteiger partial charge in [0.1, 0.15) is 12.6 Å². The second kappa shape index (κ2) is 6.66. The number of aromatic nitrogens is 2. The van der Waals surface area contributed by atoms with E-state index in [1.165, 1.54) is 7.05 Å². The van der Waals surface area contributed by atoms with Gasteiger partial charge in [0.25, 0.3) is 5.56 Å². The average Bonchev–Trinajstić information content (AvgIpc) is 2.39. The number of aliphatic hydroxyl groups is 1. The van der Waals surface area contributed by atoms with Crippen LogP contribution in [0.3, 0.4) is 0 Å². The van der Waals surface area contributed by atoms with Crippen LogP contribution in [-0.2, 0) is 23.2 Å². The van der Waals surface area contributed by atoms with Gasteiger partial charge in [-0.05, 0) is 0 Å². The molecule has 1 amide bonds. The molecule has 0 saturated heterocycles. The van der Waals surface area contributed by atoms with Crippen molar-refractivity contribution in [3.8, 4) is 0 Å². The van der Waals surface area contributed by atoms with Crippen LogP contribution in [0, 0.1) is 0 Å². The van der Waals surface area contributed by atoms with Crippen LogP contribution in [-0.4, -0.2) is 43.9 Å². The number of amides is 1. The zero-order valence-corrected chi connectivity index (χ0v) is 10.8. The van der Waals surface area contributed by atoms with E-state index in [-0.39, 0.29) is 6.42 Å². The fourth-order valence-corrected chi connectivity index (χ4v) is 1.52. The summed E-state index contributed by atoms with van der Waals surface area (Å²) in [4.78, 5) is 45.3. The molecule has 1 heterocycles. The maximum atomic E-state index is 11.7. The van der Waals surface area contributed by atoms with Crippen molar-refractivity contribution in [1.29, 1.82) is 0 Å². The second-order valence-electron chi connectivity index (χ2n) is 4.09. The number of carbonyl (C=O) groups is 2. The molecule has 9 heteroatoms. The summed E-state index contributed by atoms with van der Waals surface area (Å²) in [5.74, 6) is -1.98. The van der Waals surface area contributed by atoms with Gasteiger partial charge in [0.2, 0.25) is 5.91 Å². The third kappa shape index (κ3) is 3.79. The van der Waals surface area contributed by atoms with Gasteiger partial charge in [-0.2, -0.15) is 0 Å². The minimum absolute atomic E-state index is 0.136. The standard InChI is InChI=1S/C11H15N3O6/c1-13-9(17)2-4-14(11(13)20)6-8(16)12-7(3-5-15)10(18)19/h2,4,7,15H,3,5-6H2,1H3,(H,12,16)(H,18,19)/t7-/m1/s1. The minimum atomic E-state index is -1.28. The Morgan fingerprint density at radius 2 is 2.05 bits per heavy atom. The van der Waals surface area contributed by atoms with Crippen LogP contribution in [0.25, 0.3) is 0 Å². The lowest BCUT2D eigenvalue weighted by Crippen LogP contribution is -2.45. The molecular weight excluding hydrogens is 270 g/mol. The lowest BCUT2D eigenvalue weighted by molar-refractivity contribution is -0.142. The van der Waals surface area contributed by atoms with E-state index in [0.29, 0.717) is 0 Å². The molecule has 0 saturated carbocycles. The van der Waals surface area contributed by atoms with Crippen molar-refractivity contribution in [2.75, 3.05) is 6.61 Å². The zero-order chi connectivity index (χ0) is 15.3. The fourth-order valence-electron chi connectivity index (χ4n) is 1.52. The largest absolute Gasteiger partial charge is 0.480 e. The van der Waals surface area contributed by atoms with Crippen LogP contribution in [0.5, 0.6) is 0 Å². The highest BCUT2D eigenvalue weighted by Crippen LogP contribution is 1.92. The Balaban J connectivity index is 2.81. The van der Waals surface area contributed by atoms with Crippen LogP contribution in [0.2, 0.25) is 0 Å². The predicted octanol–water partition coefficient (Wildman–Crippen LogP) is -2.50. The number of hydrogen-bond donors (Lipinski definition) is 3. The van der Waals surface area contributed by atoms with E-state index in [0.717, 1.165) is 21.4 Å². The van der Waals surface area contributed by atoms with Crippen molar-refractivity contribution < 1.29 is 19.8 Å².